The Morgan fingerprint density at radius 2 is 0.811 bits per heavy atom. The highest BCUT2D eigenvalue weighted by atomic mass is 32.2. The van der Waals surface area contributed by atoms with E-state index in [0.717, 1.165) is 50.0 Å². The molecule has 53 heavy (non-hydrogen) atoms. The number of benzene rings is 7. The lowest BCUT2D eigenvalue weighted by atomic mass is 10.0. The van der Waals surface area contributed by atoms with Gasteiger partial charge in [0.05, 0.1) is 22.7 Å². The van der Waals surface area contributed by atoms with Crippen molar-refractivity contribution in [2.75, 3.05) is 9.80 Å². The molecule has 6 heteroatoms. The number of hydrogen-bond donors (Lipinski definition) is 0. The van der Waals surface area contributed by atoms with Crippen LogP contribution in [0.5, 0.6) is 0 Å². The van der Waals surface area contributed by atoms with Gasteiger partial charge in [0, 0.05) is 53.5 Å². The van der Waals surface area contributed by atoms with Crippen LogP contribution in [-0.2, 0) is 0 Å². The van der Waals surface area contributed by atoms with Crippen LogP contribution in [0.2, 0.25) is 0 Å². The Balaban J connectivity index is 0.926. The summed E-state index contributed by atoms with van der Waals surface area (Å²) in [4.78, 5) is 14.5. The Morgan fingerprint density at radius 1 is 0.396 bits per heavy atom. The fourth-order valence-electron chi connectivity index (χ4n) is 7.57. The van der Waals surface area contributed by atoms with Gasteiger partial charge in [-0.05, 0) is 108 Å². The number of hydrogen-bond acceptors (Lipinski definition) is 6. The standard InChI is InChI=1S/C47H29N3OS2/c1-5-13-43-38(9-1)49(39-10-2-6-14-44(39)52-43)34-22-17-30(18-23-34)32-21-26-42-36(27-32)37-28-33(29-48-47(37)51-42)31-19-24-35(25-20-31)50-40-11-3-7-15-45(40)53-46-16-8-4-12-41(46)50/h1-29H. The highest BCUT2D eigenvalue weighted by Crippen LogP contribution is 2.52. The second-order valence-corrected chi connectivity index (χ2v) is 15.4. The molecule has 250 valence electrons. The van der Waals surface area contributed by atoms with Crippen LogP contribution in [-0.4, -0.2) is 4.98 Å². The molecule has 4 nitrogen and oxygen atoms in total. The smallest absolute Gasteiger partial charge is 0.227 e. The zero-order chi connectivity index (χ0) is 34.9. The summed E-state index contributed by atoms with van der Waals surface area (Å²) in [5.74, 6) is 0. The van der Waals surface area contributed by atoms with Crippen molar-refractivity contribution in [1.29, 1.82) is 0 Å². The van der Waals surface area contributed by atoms with Gasteiger partial charge in [-0.2, -0.15) is 0 Å². The predicted octanol–water partition coefficient (Wildman–Crippen LogP) is 14.2. The summed E-state index contributed by atoms with van der Waals surface area (Å²) in [6, 6.07) is 60.8. The van der Waals surface area contributed by atoms with Crippen molar-refractivity contribution in [2.45, 2.75) is 19.6 Å². The first kappa shape index (κ1) is 30.4. The van der Waals surface area contributed by atoms with E-state index < -0.39 is 0 Å². The molecular weight excluding hydrogens is 687 g/mol. The highest BCUT2D eigenvalue weighted by molar-refractivity contribution is 8.00. The van der Waals surface area contributed by atoms with Gasteiger partial charge in [-0.25, -0.2) is 4.98 Å². The van der Waals surface area contributed by atoms with Crippen LogP contribution < -0.4 is 9.80 Å². The molecule has 7 aromatic carbocycles. The molecule has 0 bridgehead atoms. The van der Waals surface area contributed by atoms with Gasteiger partial charge in [0.25, 0.3) is 0 Å². The van der Waals surface area contributed by atoms with Crippen molar-refractivity contribution < 1.29 is 4.42 Å². The average Bonchev–Trinajstić information content (AvgIpc) is 3.59. The maximum absolute atomic E-state index is 6.24. The lowest BCUT2D eigenvalue weighted by Crippen LogP contribution is -2.14. The van der Waals surface area contributed by atoms with Crippen LogP contribution in [0.15, 0.2) is 200 Å². The summed E-state index contributed by atoms with van der Waals surface area (Å²) in [5, 5.41) is 2.07. The summed E-state index contributed by atoms with van der Waals surface area (Å²) < 4.78 is 6.24. The zero-order valence-electron chi connectivity index (χ0n) is 28.3. The Hall–Kier alpha value is -6.21. The predicted molar refractivity (Wildman–Crippen MR) is 220 cm³/mol. The summed E-state index contributed by atoms with van der Waals surface area (Å²) in [6.07, 6.45) is 1.91. The summed E-state index contributed by atoms with van der Waals surface area (Å²) in [7, 11) is 0. The third-order valence-electron chi connectivity index (χ3n) is 10.1. The van der Waals surface area contributed by atoms with Crippen molar-refractivity contribution >= 4 is 79.7 Å². The van der Waals surface area contributed by atoms with E-state index in [2.05, 4.69) is 180 Å². The van der Waals surface area contributed by atoms with E-state index in [1.165, 1.54) is 42.3 Å². The van der Waals surface area contributed by atoms with Gasteiger partial charge in [-0.3, -0.25) is 0 Å². The van der Waals surface area contributed by atoms with Crippen LogP contribution in [0, 0.1) is 0 Å². The Labute approximate surface area is 315 Å². The molecule has 2 aliphatic heterocycles. The van der Waals surface area contributed by atoms with Crippen molar-refractivity contribution in [1.82, 2.24) is 4.98 Å². The number of pyridine rings is 1. The van der Waals surface area contributed by atoms with Crippen LogP contribution in [0.25, 0.3) is 44.3 Å². The van der Waals surface area contributed by atoms with Crippen LogP contribution in [0.4, 0.5) is 34.1 Å². The zero-order valence-corrected chi connectivity index (χ0v) is 29.9. The maximum atomic E-state index is 6.24. The molecule has 0 amide bonds. The molecule has 0 aliphatic carbocycles. The molecular formula is C47H29N3OS2. The van der Waals surface area contributed by atoms with Gasteiger partial charge in [0.1, 0.15) is 5.58 Å². The number of aromatic nitrogens is 1. The second kappa shape index (κ2) is 12.2. The first-order valence-corrected chi connectivity index (χ1v) is 19.2. The van der Waals surface area contributed by atoms with Gasteiger partial charge in [0.15, 0.2) is 0 Å². The van der Waals surface area contributed by atoms with E-state index in [9.17, 15) is 0 Å². The fraction of sp³-hybridized carbons (Fsp3) is 0. The molecule has 9 aromatic rings. The van der Waals surface area contributed by atoms with Gasteiger partial charge in [-0.1, -0.05) is 102 Å². The highest BCUT2D eigenvalue weighted by Gasteiger charge is 2.26. The minimum atomic E-state index is 0.646. The molecule has 0 fully saturated rings. The van der Waals surface area contributed by atoms with E-state index in [0.29, 0.717) is 5.71 Å². The summed E-state index contributed by atoms with van der Waals surface area (Å²) >= 11 is 3.65. The molecule has 0 unspecified atom stereocenters. The van der Waals surface area contributed by atoms with E-state index in [1.54, 1.807) is 0 Å². The topological polar surface area (TPSA) is 32.5 Å². The van der Waals surface area contributed by atoms with Gasteiger partial charge >= 0.3 is 0 Å². The quantitative estimate of drug-likeness (QED) is 0.180. The number of nitrogens with zero attached hydrogens (tertiary/aromatic N) is 3. The van der Waals surface area contributed by atoms with Crippen molar-refractivity contribution in [3.8, 4) is 22.3 Å². The molecule has 2 aromatic heterocycles. The number of anilines is 6. The molecule has 11 rings (SSSR count). The molecule has 0 spiro atoms. The lowest BCUT2D eigenvalue weighted by Gasteiger charge is -2.32. The Morgan fingerprint density at radius 3 is 1.30 bits per heavy atom. The van der Waals surface area contributed by atoms with E-state index >= 15 is 0 Å². The minimum Gasteiger partial charge on any atom is -0.438 e. The van der Waals surface area contributed by atoms with Crippen LogP contribution in [0.3, 0.4) is 0 Å². The van der Waals surface area contributed by atoms with Crippen molar-refractivity contribution in [2.24, 2.45) is 0 Å². The first-order chi connectivity index (χ1) is 26.2. The number of furan rings is 1. The van der Waals surface area contributed by atoms with Crippen molar-refractivity contribution in [3.05, 3.63) is 176 Å². The van der Waals surface area contributed by atoms with Crippen LogP contribution in [0.1, 0.15) is 0 Å². The molecule has 0 radical (unpaired) electrons. The Bertz CT molecular complexity index is 2580. The average molecular weight is 716 g/mol. The van der Waals surface area contributed by atoms with Gasteiger partial charge in [0.2, 0.25) is 5.71 Å². The minimum absolute atomic E-state index is 0.646. The normalized spacial score (nSPS) is 13.1. The number of fused-ring (bicyclic) bond motifs is 7. The van der Waals surface area contributed by atoms with Crippen molar-refractivity contribution in [3.63, 3.8) is 0 Å². The van der Waals surface area contributed by atoms with Crippen LogP contribution >= 0.6 is 23.5 Å². The number of rotatable bonds is 4. The molecule has 0 atom stereocenters. The monoisotopic (exact) mass is 715 g/mol. The van der Waals surface area contributed by atoms with Gasteiger partial charge in [-0.15, -0.1) is 0 Å². The summed E-state index contributed by atoms with van der Waals surface area (Å²) in [5.41, 5.74) is 13.0. The number of para-hydroxylation sites is 4. The second-order valence-electron chi connectivity index (χ2n) is 13.2. The molecule has 0 saturated carbocycles. The Kier molecular flexibility index (Phi) is 7.00. The first-order valence-electron chi connectivity index (χ1n) is 17.6. The molecule has 4 heterocycles. The lowest BCUT2D eigenvalue weighted by molar-refractivity contribution is 0.654. The SMILES string of the molecule is c1ccc2c(c1)Sc1ccccc1N2c1ccc(-c2ccc3oc4ncc(-c5ccc(N6c7ccccc7Sc7ccccc76)cc5)cc4c3c2)cc1. The molecule has 0 N–H and O–H groups in total. The third kappa shape index (κ3) is 5.06. The van der Waals surface area contributed by atoms with E-state index in [-0.39, 0.29) is 0 Å². The van der Waals surface area contributed by atoms with E-state index in [1.807, 2.05) is 29.7 Å². The fourth-order valence-corrected chi connectivity index (χ4v) is 9.68. The maximum Gasteiger partial charge on any atom is 0.227 e. The van der Waals surface area contributed by atoms with E-state index in [4.69, 9.17) is 9.40 Å². The van der Waals surface area contributed by atoms with Gasteiger partial charge < -0.3 is 14.2 Å². The molecule has 2 aliphatic rings. The molecule has 0 saturated heterocycles. The third-order valence-corrected chi connectivity index (χ3v) is 12.4. The summed E-state index contributed by atoms with van der Waals surface area (Å²) in [6.45, 7) is 0. The largest absolute Gasteiger partial charge is 0.438 e.